The Morgan fingerprint density at radius 1 is 1.04 bits per heavy atom. The third-order valence-electron chi connectivity index (χ3n) is 4.66. The lowest BCUT2D eigenvalue weighted by Crippen LogP contribution is -2.23. The molecular weight excluding hydrogens is 290 g/mol. The van der Waals surface area contributed by atoms with Crippen LogP contribution in [-0.2, 0) is 0 Å². The molecule has 0 bridgehead atoms. The highest BCUT2D eigenvalue weighted by Gasteiger charge is 2.30. The number of hydrogen-bond donors (Lipinski definition) is 1. The molecule has 0 radical (unpaired) electrons. The molecule has 0 amide bonds. The van der Waals surface area contributed by atoms with Gasteiger partial charge in [0.15, 0.2) is 0 Å². The van der Waals surface area contributed by atoms with Crippen LogP contribution in [0.5, 0.6) is 5.75 Å². The monoisotopic (exact) mass is 311 g/mol. The van der Waals surface area contributed by atoms with Crippen molar-refractivity contribution in [2.24, 2.45) is 0 Å². The van der Waals surface area contributed by atoms with Gasteiger partial charge in [-0.15, -0.1) is 0 Å². The van der Waals surface area contributed by atoms with E-state index in [2.05, 4.69) is 32.0 Å². The van der Waals surface area contributed by atoms with Crippen LogP contribution in [0, 0.1) is 0 Å². The molecule has 4 rings (SSSR count). The second-order valence-electron chi connectivity index (χ2n) is 6.33. The lowest BCUT2D eigenvalue weighted by Gasteiger charge is -2.17. The summed E-state index contributed by atoms with van der Waals surface area (Å²) in [6.07, 6.45) is 3.42. The van der Waals surface area contributed by atoms with Crippen molar-refractivity contribution >= 4 is 11.9 Å². The first-order valence-electron chi connectivity index (χ1n) is 8.13. The van der Waals surface area contributed by atoms with Crippen LogP contribution in [0.1, 0.15) is 42.5 Å². The Hall–Kier alpha value is -2.37. The number of rotatable bonds is 4. The van der Waals surface area contributed by atoms with Gasteiger partial charge in [0.25, 0.3) is 0 Å². The van der Waals surface area contributed by atoms with Crippen molar-refractivity contribution in [2.75, 3.05) is 30.8 Å². The van der Waals surface area contributed by atoms with Gasteiger partial charge in [-0.3, -0.25) is 0 Å². The van der Waals surface area contributed by atoms with Gasteiger partial charge in [-0.05, 0) is 37.0 Å². The molecule has 1 saturated heterocycles. The van der Waals surface area contributed by atoms with E-state index in [9.17, 15) is 0 Å². The summed E-state index contributed by atoms with van der Waals surface area (Å²) >= 11 is 0. The van der Waals surface area contributed by atoms with E-state index in [4.69, 9.17) is 10.5 Å². The summed E-state index contributed by atoms with van der Waals surface area (Å²) in [4.78, 5) is 15.5. The SMILES string of the molecule is COc1ccc(C2CCN(c3nc(N)nc(C4CC4)n3)C2)cc1. The van der Waals surface area contributed by atoms with Crippen molar-refractivity contribution < 1.29 is 4.74 Å². The number of nitrogens with two attached hydrogens (primary N) is 1. The van der Waals surface area contributed by atoms with Crippen molar-refractivity contribution in [2.45, 2.75) is 31.1 Å². The van der Waals surface area contributed by atoms with Crippen molar-refractivity contribution in [3.8, 4) is 5.75 Å². The number of nitrogens with zero attached hydrogens (tertiary/aromatic N) is 4. The van der Waals surface area contributed by atoms with E-state index in [0.29, 0.717) is 17.8 Å². The number of ether oxygens (including phenoxy) is 1. The molecule has 1 unspecified atom stereocenters. The Balaban J connectivity index is 1.51. The maximum Gasteiger partial charge on any atom is 0.230 e. The third kappa shape index (κ3) is 2.93. The Labute approximate surface area is 135 Å². The molecule has 1 atom stereocenters. The normalized spacial score (nSPS) is 20.7. The van der Waals surface area contributed by atoms with Crippen molar-refractivity contribution in [1.29, 1.82) is 0 Å². The van der Waals surface area contributed by atoms with Crippen LogP contribution in [0.25, 0.3) is 0 Å². The first-order valence-corrected chi connectivity index (χ1v) is 8.13. The van der Waals surface area contributed by atoms with E-state index in [1.165, 1.54) is 5.56 Å². The Morgan fingerprint density at radius 2 is 1.83 bits per heavy atom. The standard InChI is InChI=1S/C17H21N5O/c1-23-14-6-4-11(5-7-14)13-8-9-22(10-13)17-20-15(12-2-3-12)19-16(18)21-17/h4-7,12-13H,2-3,8-10H2,1H3,(H2,18,19,20,21). The fourth-order valence-electron chi connectivity index (χ4n) is 3.15. The van der Waals surface area contributed by atoms with Crippen LogP contribution in [-0.4, -0.2) is 35.2 Å². The molecule has 2 aliphatic rings. The maximum atomic E-state index is 5.87. The predicted molar refractivity (Wildman–Crippen MR) is 88.8 cm³/mol. The molecule has 120 valence electrons. The summed E-state index contributed by atoms with van der Waals surface area (Å²) in [5.41, 5.74) is 7.20. The molecule has 1 aliphatic carbocycles. The van der Waals surface area contributed by atoms with Gasteiger partial charge in [0.05, 0.1) is 7.11 Å². The van der Waals surface area contributed by atoms with E-state index >= 15 is 0 Å². The number of nitrogen functional groups attached to an aromatic ring is 1. The molecular formula is C17H21N5O. The summed E-state index contributed by atoms with van der Waals surface area (Å²) in [7, 11) is 1.69. The van der Waals surface area contributed by atoms with E-state index in [-0.39, 0.29) is 0 Å². The molecule has 2 aromatic rings. The quantitative estimate of drug-likeness (QED) is 0.934. The number of hydrogen-bond acceptors (Lipinski definition) is 6. The summed E-state index contributed by atoms with van der Waals surface area (Å²) in [5, 5.41) is 0. The van der Waals surface area contributed by atoms with Gasteiger partial charge < -0.3 is 15.4 Å². The van der Waals surface area contributed by atoms with E-state index in [1.54, 1.807) is 7.11 Å². The summed E-state index contributed by atoms with van der Waals surface area (Å²) < 4.78 is 5.23. The largest absolute Gasteiger partial charge is 0.497 e. The highest BCUT2D eigenvalue weighted by molar-refractivity contribution is 5.40. The summed E-state index contributed by atoms with van der Waals surface area (Å²) in [5.74, 6) is 3.80. The minimum atomic E-state index is 0.338. The van der Waals surface area contributed by atoms with Gasteiger partial charge in [0.2, 0.25) is 11.9 Å². The smallest absolute Gasteiger partial charge is 0.230 e. The van der Waals surface area contributed by atoms with Gasteiger partial charge in [-0.1, -0.05) is 12.1 Å². The second kappa shape index (κ2) is 5.68. The molecule has 6 nitrogen and oxygen atoms in total. The van der Waals surface area contributed by atoms with Crippen molar-refractivity contribution in [3.05, 3.63) is 35.7 Å². The Morgan fingerprint density at radius 3 is 2.52 bits per heavy atom. The molecule has 1 aliphatic heterocycles. The lowest BCUT2D eigenvalue weighted by atomic mass is 9.98. The molecule has 0 spiro atoms. The topological polar surface area (TPSA) is 77.2 Å². The van der Waals surface area contributed by atoms with Gasteiger partial charge in [-0.25, -0.2) is 0 Å². The molecule has 2 N–H and O–H groups in total. The lowest BCUT2D eigenvalue weighted by molar-refractivity contribution is 0.414. The zero-order valence-electron chi connectivity index (χ0n) is 13.3. The minimum Gasteiger partial charge on any atom is -0.497 e. The van der Waals surface area contributed by atoms with Gasteiger partial charge in [0.1, 0.15) is 11.6 Å². The van der Waals surface area contributed by atoms with Gasteiger partial charge in [-0.2, -0.15) is 15.0 Å². The van der Waals surface area contributed by atoms with E-state index in [1.807, 2.05) is 12.1 Å². The van der Waals surface area contributed by atoms with Gasteiger partial charge in [0, 0.05) is 24.9 Å². The van der Waals surface area contributed by atoms with Crippen molar-refractivity contribution in [1.82, 2.24) is 15.0 Å². The Bertz CT molecular complexity index is 699. The van der Waals surface area contributed by atoms with Crippen LogP contribution in [0.4, 0.5) is 11.9 Å². The summed E-state index contributed by atoms with van der Waals surface area (Å²) in [6.45, 7) is 1.87. The molecule has 1 aromatic carbocycles. The zero-order chi connectivity index (χ0) is 15.8. The number of benzene rings is 1. The highest BCUT2D eigenvalue weighted by atomic mass is 16.5. The van der Waals surface area contributed by atoms with Crippen molar-refractivity contribution in [3.63, 3.8) is 0 Å². The summed E-state index contributed by atoms with van der Waals surface area (Å²) in [6, 6.07) is 8.32. The van der Waals surface area contributed by atoms with Crippen LogP contribution >= 0.6 is 0 Å². The van der Waals surface area contributed by atoms with Crippen LogP contribution < -0.4 is 15.4 Å². The molecule has 23 heavy (non-hydrogen) atoms. The maximum absolute atomic E-state index is 5.87. The zero-order valence-corrected chi connectivity index (χ0v) is 13.3. The van der Waals surface area contributed by atoms with Crippen LogP contribution in [0.15, 0.2) is 24.3 Å². The number of aromatic nitrogens is 3. The van der Waals surface area contributed by atoms with Gasteiger partial charge >= 0.3 is 0 Å². The average molecular weight is 311 g/mol. The molecule has 1 aromatic heterocycles. The van der Waals surface area contributed by atoms with E-state index < -0.39 is 0 Å². The second-order valence-corrected chi connectivity index (χ2v) is 6.33. The average Bonchev–Trinajstić information content (AvgIpc) is 3.31. The molecule has 2 fully saturated rings. The highest BCUT2D eigenvalue weighted by Crippen LogP contribution is 2.39. The van der Waals surface area contributed by atoms with Crippen LogP contribution in [0.2, 0.25) is 0 Å². The molecule has 6 heteroatoms. The van der Waals surface area contributed by atoms with Crippen LogP contribution in [0.3, 0.4) is 0 Å². The first-order chi connectivity index (χ1) is 11.2. The Kier molecular flexibility index (Phi) is 3.52. The molecule has 1 saturated carbocycles. The first kappa shape index (κ1) is 14.2. The number of anilines is 2. The third-order valence-corrected chi connectivity index (χ3v) is 4.66. The number of methoxy groups -OCH3 is 1. The van der Waals surface area contributed by atoms with E-state index in [0.717, 1.165) is 49.9 Å². The minimum absolute atomic E-state index is 0.338. The fourth-order valence-corrected chi connectivity index (χ4v) is 3.15. The fraction of sp³-hybridized carbons (Fsp3) is 0.471. The predicted octanol–water partition coefficient (Wildman–Crippen LogP) is 2.33. The molecule has 2 heterocycles.